The molecule has 4 aliphatic carbocycles. The van der Waals surface area contributed by atoms with Crippen molar-refractivity contribution >= 4 is 26.6 Å². The van der Waals surface area contributed by atoms with E-state index in [1.165, 1.54) is 5.57 Å². The summed E-state index contributed by atoms with van der Waals surface area (Å²) in [7, 11) is -9.12. The van der Waals surface area contributed by atoms with Crippen LogP contribution in [0.5, 0.6) is 0 Å². The Labute approximate surface area is 189 Å². The molecule has 4 aliphatic rings. The molecule has 0 aliphatic heterocycles. The molecular weight excluding hydrogens is 460 g/mol. The number of Topliss-reactive ketones (excluding diaryl/α,β-unsaturated/α-hetero) is 1. The minimum atomic E-state index is -4.65. The largest absolute Gasteiger partial charge is 0.397 e. The second kappa shape index (κ2) is 8.13. The van der Waals surface area contributed by atoms with Gasteiger partial charge in [0.25, 0.3) is 0 Å². The van der Waals surface area contributed by atoms with E-state index in [1.54, 1.807) is 0 Å². The standard InChI is InChI=1S/C21H32O9S2/c1-20-9-7-14(30-32(26,27)28)11-13(20)3-4-15-16-5-6-18(19(22)12-29-31(23,24)25)21(16,2)10-8-17(15)20/h3,14-18H,4-12H2,1-2H3,(H,23,24,25)(H,26,27,28)/t14-,15?,16?,17?,18?,20?,21?/m0/s1. The number of fused-ring (bicyclic) bond motifs is 5. The van der Waals surface area contributed by atoms with Crippen molar-refractivity contribution in [2.45, 2.75) is 71.3 Å². The third-order valence-corrected chi connectivity index (χ3v) is 9.99. The van der Waals surface area contributed by atoms with Gasteiger partial charge < -0.3 is 0 Å². The van der Waals surface area contributed by atoms with Crippen molar-refractivity contribution in [3.8, 4) is 0 Å². The van der Waals surface area contributed by atoms with E-state index in [2.05, 4.69) is 24.1 Å². The van der Waals surface area contributed by atoms with Crippen LogP contribution in [0.2, 0.25) is 0 Å². The number of hydrogen-bond acceptors (Lipinski definition) is 7. The maximum Gasteiger partial charge on any atom is 0.397 e. The molecule has 0 aromatic rings. The molecule has 0 aromatic carbocycles. The summed E-state index contributed by atoms with van der Waals surface area (Å²) < 4.78 is 71.2. The molecule has 3 saturated carbocycles. The summed E-state index contributed by atoms with van der Waals surface area (Å²) in [6.45, 7) is 3.76. The number of carbonyl (C=O) groups is 1. The average molecular weight is 493 g/mol. The first-order valence-corrected chi connectivity index (χ1v) is 14.0. The average Bonchev–Trinajstić information content (AvgIpc) is 3.02. The van der Waals surface area contributed by atoms with Crippen molar-refractivity contribution < 1.29 is 39.1 Å². The molecule has 7 atom stereocenters. The van der Waals surface area contributed by atoms with Gasteiger partial charge >= 0.3 is 20.8 Å². The Morgan fingerprint density at radius 1 is 1.03 bits per heavy atom. The molecule has 0 spiro atoms. The predicted octanol–water partition coefficient (Wildman–Crippen LogP) is 3.14. The molecule has 0 radical (unpaired) electrons. The zero-order valence-corrected chi connectivity index (χ0v) is 20.0. The minimum Gasteiger partial charge on any atom is -0.297 e. The summed E-state index contributed by atoms with van der Waals surface area (Å²) in [6, 6.07) is 0. The van der Waals surface area contributed by atoms with Crippen LogP contribution in [0.25, 0.3) is 0 Å². The van der Waals surface area contributed by atoms with Gasteiger partial charge in [-0.2, -0.15) is 16.8 Å². The monoisotopic (exact) mass is 492 g/mol. The van der Waals surface area contributed by atoms with E-state index < -0.39 is 33.5 Å². The quantitative estimate of drug-likeness (QED) is 0.422. The molecular formula is C21H32O9S2. The van der Waals surface area contributed by atoms with Gasteiger partial charge in [-0.25, -0.2) is 8.37 Å². The molecule has 3 fully saturated rings. The molecule has 0 bridgehead atoms. The zero-order chi connectivity index (χ0) is 23.5. The molecule has 0 aromatic heterocycles. The summed E-state index contributed by atoms with van der Waals surface area (Å²) in [5, 5.41) is 0. The molecule has 32 heavy (non-hydrogen) atoms. The molecule has 4 rings (SSSR count). The summed E-state index contributed by atoms with van der Waals surface area (Å²) in [5.41, 5.74) is 0.919. The van der Waals surface area contributed by atoms with Gasteiger partial charge in [0, 0.05) is 5.92 Å². The molecule has 9 nitrogen and oxygen atoms in total. The van der Waals surface area contributed by atoms with Crippen molar-refractivity contribution in [1.29, 1.82) is 0 Å². The van der Waals surface area contributed by atoms with Crippen molar-refractivity contribution in [3.63, 3.8) is 0 Å². The van der Waals surface area contributed by atoms with Crippen molar-refractivity contribution in [1.82, 2.24) is 0 Å². The first-order chi connectivity index (χ1) is 14.7. The van der Waals surface area contributed by atoms with Gasteiger partial charge in [0.05, 0.1) is 6.10 Å². The Hall–Kier alpha value is -0.850. The van der Waals surface area contributed by atoms with E-state index in [9.17, 15) is 21.6 Å². The fourth-order valence-corrected chi connectivity index (χ4v) is 8.42. The zero-order valence-electron chi connectivity index (χ0n) is 18.4. The maximum absolute atomic E-state index is 12.8. The van der Waals surface area contributed by atoms with Gasteiger partial charge in [0.1, 0.15) is 6.61 Å². The van der Waals surface area contributed by atoms with E-state index in [1.807, 2.05) is 0 Å². The number of rotatable bonds is 6. The Morgan fingerprint density at radius 3 is 2.41 bits per heavy atom. The topological polar surface area (TPSA) is 144 Å². The molecule has 182 valence electrons. The Morgan fingerprint density at radius 2 is 1.75 bits per heavy atom. The van der Waals surface area contributed by atoms with Crippen LogP contribution in [0.1, 0.15) is 65.2 Å². The van der Waals surface area contributed by atoms with E-state index in [0.717, 1.165) is 32.1 Å². The number of allylic oxidation sites excluding steroid dienone is 1. The lowest BCUT2D eigenvalue weighted by atomic mass is 9.47. The SMILES string of the molecule is CC12CC[C@H](OS(=O)(=O)O)CC1=CCC1C2CCC2(C)C(C(=O)COS(=O)(=O)O)CCC12. The van der Waals surface area contributed by atoms with Crippen LogP contribution in [-0.2, 0) is 34.0 Å². The fraction of sp³-hybridized carbons (Fsp3) is 0.857. The van der Waals surface area contributed by atoms with Gasteiger partial charge in [-0.3, -0.25) is 13.9 Å². The van der Waals surface area contributed by atoms with Crippen LogP contribution in [0.15, 0.2) is 11.6 Å². The van der Waals surface area contributed by atoms with Crippen LogP contribution < -0.4 is 0 Å². The second-order valence-corrected chi connectivity index (χ2v) is 12.6. The summed E-state index contributed by atoms with van der Waals surface area (Å²) in [4.78, 5) is 12.8. The van der Waals surface area contributed by atoms with Crippen molar-refractivity contribution in [2.24, 2.45) is 34.5 Å². The second-order valence-electron chi connectivity index (χ2n) is 10.5. The number of hydrogen-bond donors (Lipinski definition) is 2. The normalized spacial score (nSPS) is 41.9. The minimum absolute atomic E-state index is 0.0561. The van der Waals surface area contributed by atoms with Crippen LogP contribution in [-0.4, -0.2) is 44.4 Å². The number of carbonyl (C=O) groups excluding carboxylic acids is 1. The van der Waals surface area contributed by atoms with E-state index >= 15 is 0 Å². The molecule has 0 saturated heterocycles. The van der Waals surface area contributed by atoms with Crippen molar-refractivity contribution in [2.75, 3.05) is 6.61 Å². The molecule has 6 unspecified atom stereocenters. The van der Waals surface area contributed by atoms with Gasteiger partial charge in [0.15, 0.2) is 5.78 Å². The first kappa shape index (κ1) is 24.3. The summed E-state index contributed by atoms with van der Waals surface area (Å²) in [5.74, 6) is 0.610. The highest BCUT2D eigenvalue weighted by molar-refractivity contribution is 7.81. The van der Waals surface area contributed by atoms with E-state index in [0.29, 0.717) is 37.0 Å². The van der Waals surface area contributed by atoms with E-state index in [-0.39, 0.29) is 22.5 Å². The third kappa shape index (κ3) is 4.44. The van der Waals surface area contributed by atoms with Crippen molar-refractivity contribution in [3.05, 3.63) is 11.6 Å². The van der Waals surface area contributed by atoms with Gasteiger partial charge in [-0.15, -0.1) is 0 Å². The molecule has 11 heteroatoms. The van der Waals surface area contributed by atoms with Gasteiger partial charge in [-0.1, -0.05) is 25.5 Å². The molecule has 0 heterocycles. The Kier molecular flexibility index (Phi) is 6.17. The first-order valence-electron chi connectivity index (χ1n) is 11.2. The van der Waals surface area contributed by atoms with Crippen LogP contribution in [0.4, 0.5) is 0 Å². The fourth-order valence-electron chi connectivity index (χ4n) is 7.64. The molecule has 2 N–H and O–H groups in total. The van der Waals surface area contributed by atoms with Crippen LogP contribution in [0.3, 0.4) is 0 Å². The highest BCUT2D eigenvalue weighted by Gasteiger charge is 2.59. The highest BCUT2D eigenvalue weighted by atomic mass is 32.3. The van der Waals surface area contributed by atoms with Crippen LogP contribution in [0, 0.1) is 34.5 Å². The summed E-state index contributed by atoms with van der Waals surface area (Å²) in [6.07, 6.45) is 7.76. The lowest BCUT2D eigenvalue weighted by Gasteiger charge is -2.58. The van der Waals surface area contributed by atoms with Gasteiger partial charge in [0.2, 0.25) is 0 Å². The Bertz CT molecular complexity index is 1020. The number of ketones is 1. The third-order valence-electron chi connectivity index (χ3n) is 9.06. The lowest BCUT2D eigenvalue weighted by molar-refractivity contribution is -0.131. The highest BCUT2D eigenvalue weighted by Crippen LogP contribution is 2.66. The van der Waals surface area contributed by atoms with E-state index in [4.69, 9.17) is 13.3 Å². The summed E-state index contributed by atoms with van der Waals surface area (Å²) >= 11 is 0. The maximum atomic E-state index is 12.8. The van der Waals surface area contributed by atoms with Gasteiger partial charge in [-0.05, 0) is 80.0 Å². The molecule has 0 amide bonds. The smallest absolute Gasteiger partial charge is 0.297 e. The predicted molar refractivity (Wildman–Crippen MR) is 114 cm³/mol. The lowest BCUT2D eigenvalue weighted by Crippen LogP contribution is -2.51. The van der Waals surface area contributed by atoms with Crippen LogP contribution >= 0.6 is 0 Å². The Balaban J connectivity index is 1.51.